The van der Waals surface area contributed by atoms with Crippen LogP contribution in [0.5, 0.6) is 0 Å². The molecule has 0 radical (unpaired) electrons. The van der Waals surface area contributed by atoms with Crippen molar-refractivity contribution >= 4 is 21.8 Å². The minimum atomic E-state index is -0.0799. The van der Waals surface area contributed by atoms with E-state index in [2.05, 4.69) is 54.0 Å². The lowest BCUT2D eigenvalue weighted by Crippen LogP contribution is -3.12. The van der Waals surface area contributed by atoms with Crippen LogP contribution >= 0.6 is 0 Å². The monoisotopic (exact) mass is 309 g/mol. The highest BCUT2D eigenvalue weighted by Gasteiger charge is 2.20. The number of quaternary nitrogens is 1. The molecule has 0 atom stereocenters. The highest BCUT2D eigenvalue weighted by atomic mass is 16.3. The first-order chi connectivity index (χ1) is 11.3. The van der Waals surface area contributed by atoms with Gasteiger partial charge in [-0.1, -0.05) is 24.3 Å². The van der Waals surface area contributed by atoms with Gasteiger partial charge < -0.3 is 14.6 Å². The van der Waals surface area contributed by atoms with Crippen LogP contribution in [0.2, 0.25) is 0 Å². The number of piperidine rings is 1. The Morgan fingerprint density at radius 3 is 2.57 bits per heavy atom. The SMILES string of the molecule is CCn1c2ccccc2c2cc(C[NH+]3CCC(O)CC3)ccc21. The second-order valence-electron chi connectivity index (χ2n) is 6.77. The van der Waals surface area contributed by atoms with Crippen molar-refractivity contribution in [3.63, 3.8) is 0 Å². The van der Waals surface area contributed by atoms with Crippen LogP contribution < -0.4 is 4.90 Å². The maximum atomic E-state index is 9.67. The molecule has 2 heterocycles. The predicted octanol–water partition coefficient (Wildman–Crippen LogP) is 2.35. The summed E-state index contributed by atoms with van der Waals surface area (Å²) in [5.41, 5.74) is 4.07. The quantitative estimate of drug-likeness (QED) is 0.764. The average Bonchev–Trinajstić information content (AvgIpc) is 2.90. The molecule has 3 heteroatoms. The summed E-state index contributed by atoms with van der Waals surface area (Å²) in [5.74, 6) is 0. The first kappa shape index (κ1) is 14.7. The number of aryl methyl sites for hydroxylation is 1. The van der Waals surface area contributed by atoms with Crippen molar-refractivity contribution in [1.29, 1.82) is 0 Å². The maximum absolute atomic E-state index is 9.67. The third kappa shape index (κ3) is 2.64. The highest BCUT2D eigenvalue weighted by molar-refractivity contribution is 6.08. The minimum Gasteiger partial charge on any atom is -0.393 e. The Kier molecular flexibility index (Phi) is 3.83. The summed E-state index contributed by atoms with van der Waals surface area (Å²) in [4.78, 5) is 1.59. The number of aliphatic hydroxyl groups excluding tert-OH is 1. The van der Waals surface area contributed by atoms with Gasteiger partial charge in [-0.15, -0.1) is 0 Å². The van der Waals surface area contributed by atoms with Crippen molar-refractivity contribution < 1.29 is 10.0 Å². The largest absolute Gasteiger partial charge is 0.393 e. The number of aliphatic hydroxyl groups is 1. The van der Waals surface area contributed by atoms with E-state index in [0.717, 1.165) is 39.0 Å². The number of nitrogens with zero attached hydrogens (tertiary/aromatic N) is 1. The van der Waals surface area contributed by atoms with Crippen molar-refractivity contribution in [3.05, 3.63) is 48.0 Å². The smallest absolute Gasteiger partial charge is 0.103 e. The van der Waals surface area contributed by atoms with Crippen LogP contribution in [-0.4, -0.2) is 28.9 Å². The zero-order valence-corrected chi connectivity index (χ0v) is 13.8. The summed E-state index contributed by atoms with van der Waals surface area (Å²) in [6.45, 7) is 6.43. The second kappa shape index (κ2) is 5.99. The van der Waals surface area contributed by atoms with Gasteiger partial charge in [-0.3, -0.25) is 0 Å². The number of benzene rings is 2. The molecule has 3 nitrogen and oxygen atoms in total. The molecule has 1 aliphatic rings. The van der Waals surface area contributed by atoms with Crippen LogP contribution in [0.1, 0.15) is 25.3 Å². The Balaban J connectivity index is 1.71. The van der Waals surface area contributed by atoms with Crippen molar-refractivity contribution in [3.8, 4) is 0 Å². The van der Waals surface area contributed by atoms with Gasteiger partial charge in [-0.25, -0.2) is 0 Å². The highest BCUT2D eigenvalue weighted by Crippen LogP contribution is 2.29. The lowest BCUT2D eigenvalue weighted by Gasteiger charge is -2.26. The normalized spacial score (nSPS) is 22.0. The van der Waals surface area contributed by atoms with Gasteiger partial charge in [0.15, 0.2) is 0 Å². The molecule has 4 rings (SSSR count). The standard InChI is InChI=1S/C20H24N2O/c1-2-22-19-6-4-3-5-17(19)18-13-15(7-8-20(18)22)14-21-11-9-16(23)10-12-21/h3-8,13,16,23H,2,9-12,14H2,1H3/p+1. The molecule has 0 bridgehead atoms. The molecule has 23 heavy (non-hydrogen) atoms. The fraction of sp³-hybridized carbons (Fsp3) is 0.400. The first-order valence-electron chi connectivity index (χ1n) is 8.77. The molecule has 2 aromatic carbocycles. The van der Waals surface area contributed by atoms with Gasteiger partial charge in [0.05, 0.1) is 19.2 Å². The third-order valence-electron chi connectivity index (χ3n) is 5.27. The van der Waals surface area contributed by atoms with E-state index in [1.54, 1.807) is 4.90 Å². The van der Waals surface area contributed by atoms with E-state index in [0.29, 0.717) is 0 Å². The van der Waals surface area contributed by atoms with Gasteiger partial charge in [0, 0.05) is 46.8 Å². The van der Waals surface area contributed by atoms with Crippen molar-refractivity contribution in [2.24, 2.45) is 0 Å². The zero-order valence-electron chi connectivity index (χ0n) is 13.8. The predicted molar refractivity (Wildman–Crippen MR) is 94.8 cm³/mol. The van der Waals surface area contributed by atoms with Gasteiger partial charge in [0.25, 0.3) is 0 Å². The van der Waals surface area contributed by atoms with E-state index in [9.17, 15) is 5.11 Å². The minimum absolute atomic E-state index is 0.0799. The van der Waals surface area contributed by atoms with Gasteiger partial charge in [0.1, 0.15) is 6.54 Å². The Morgan fingerprint density at radius 2 is 1.78 bits per heavy atom. The number of nitrogens with one attached hydrogen (secondary N) is 1. The first-order valence-corrected chi connectivity index (χ1v) is 8.77. The van der Waals surface area contributed by atoms with E-state index in [4.69, 9.17) is 0 Å². The van der Waals surface area contributed by atoms with Crippen LogP contribution in [0.3, 0.4) is 0 Å². The Bertz CT molecular complexity index is 828. The van der Waals surface area contributed by atoms with Crippen LogP contribution in [0, 0.1) is 0 Å². The number of hydrogen-bond acceptors (Lipinski definition) is 1. The molecule has 1 fully saturated rings. The van der Waals surface area contributed by atoms with Crippen LogP contribution in [0.15, 0.2) is 42.5 Å². The number of hydrogen-bond donors (Lipinski definition) is 2. The summed E-state index contributed by atoms with van der Waals surface area (Å²) in [5, 5.41) is 12.4. The van der Waals surface area contributed by atoms with Crippen molar-refractivity contribution in [1.82, 2.24) is 4.57 Å². The fourth-order valence-electron chi connectivity index (χ4n) is 4.03. The molecule has 1 saturated heterocycles. The number of para-hydroxylation sites is 1. The molecule has 0 aliphatic carbocycles. The lowest BCUT2D eigenvalue weighted by molar-refractivity contribution is -0.919. The van der Waals surface area contributed by atoms with Crippen LogP contribution in [0.4, 0.5) is 0 Å². The molecule has 0 saturated carbocycles. The average molecular weight is 309 g/mol. The Morgan fingerprint density at radius 1 is 1.04 bits per heavy atom. The number of aromatic nitrogens is 1. The van der Waals surface area contributed by atoms with E-state index >= 15 is 0 Å². The molecular weight excluding hydrogens is 284 g/mol. The van der Waals surface area contributed by atoms with Gasteiger partial charge in [-0.05, 0) is 25.1 Å². The molecule has 0 unspecified atom stereocenters. The van der Waals surface area contributed by atoms with E-state index in [-0.39, 0.29) is 6.10 Å². The van der Waals surface area contributed by atoms with Crippen LogP contribution in [-0.2, 0) is 13.1 Å². The van der Waals surface area contributed by atoms with Gasteiger partial charge in [0.2, 0.25) is 0 Å². The van der Waals surface area contributed by atoms with Crippen molar-refractivity contribution in [2.45, 2.75) is 39.0 Å². The maximum Gasteiger partial charge on any atom is 0.103 e. The van der Waals surface area contributed by atoms with E-state index in [1.807, 2.05) is 0 Å². The number of rotatable bonds is 3. The Hall–Kier alpha value is -1.84. The molecule has 3 aromatic rings. The molecule has 2 N–H and O–H groups in total. The third-order valence-corrected chi connectivity index (χ3v) is 5.27. The summed E-state index contributed by atoms with van der Waals surface area (Å²) >= 11 is 0. The van der Waals surface area contributed by atoms with Gasteiger partial charge >= 0.3 is 0 Å². The van der Waals surface area contributed by atoms with E-state index in [1.165, 1.54) is 27.4 Å². The Labute approximate surface area is 137 Å². The molecule has 0 amide bonds. The topological polar surface area (TPSA) is 29.6 Å². The number of fused-ring (bicyclic) bond motifs is 3. The lowest BCUT2D eigenvalue weighted by atomic mass is 10.1. The summed E-state index contributed by atoms with van der Waals surface area (Å²) in [6, 6.07) is 15.6. The molecule has 120 valence electrons. The molecule has 1 aliphatic heterocycles. The summed E-state index contributed by atoms with van der Waals surface area (Å²) in [6.07, 6.45) is 1.79. The molecule has 1 aromatic heterocycles. The summed E-state index contributed by atoms with van der Waals surface area (Å²) < 4.78 is 2.40. The fourth-order valence-corrected chi connectivity index (χ4v) is 4.03. The summed E-state index contributed by atoms with van der Waals surface area (Å²) in [7, 11) is 0. The van der Waals surface area contributed by atoms with E-state index < -0.39 is 0 Å². The zero-order chi connectivity index (χ0) is 15.8. The van der Waals surface area contributed by atoms with Crippen LogP contribution in [0.25, 0.3) is 21.8 Å². The number of likely N-dealkylation sites (tertiary alicyclic amines) is 1. The molecular formula is C20H25N2O+. The molecule has 0 spiro atoms. The van der Waals surface area contributed by atoms with Gasteiger partial charge in [-0.2, -0.15) is 0 Å². The second-order valence-corrected chi connectivity index (χ2v) is 6.77. The van der Waals surface area contributed by atoms with Crippen molar-refractivity contribution in [2.75, 3.05) is 13.1 Å².